The average Bonchev–Trinajstić information content (AvgIpc) is 3.07. The van der Waals surface area contributed by atoms with Crippen LogP contribution >= 0.6 is 0 Å². The quantitative estimate of drug-likeness (QED) is 0.836. The minimum Gasteiger partial charge on any atom is -0.207 e. The summed E-state index contributed by atoms with van der Waals surface area (Å²) >= 11 is 0. The lowest BCUT2D eigenvalue weighted by Gasteiger charge is -2.17. The third kappa shape index (κ3) is 3.48. The average molecular weight is 329 g/mol. The van der Waals surface area contributed by atoms with Gasteiger partial charge in [0.1, 0.15) is 0 Å². The molecule has 0 aromatic heterocycles. The Labute approximate surface area is 139 Å². The molecule has 0 N–H and O–H groups in total. The zero-order valence-corrected chi connectivity index (χ0v) is 14.3. The summed E-state index contributed by atoms with van der Waals surface area (Å²) in [7, 11) is -3.38. The highest BCUT2D eigenvalue weighted by atomic mass is 32.2. The molecular weight excluding hydrogens is 306 g/mol. The van der Waals surface area contributed by atoms with Gasteiger partial charge in [-0.1, -0.05) is 55.8 Å². The van der Waals surface area contributed by atoms with Gasteiger partial charge >= 0.3 is 0 Å². The molecule has 1 fully saturated rings. The molecule has 1 unspecified atom stereocenters. The van der Waals surface area contributed by atoms with Crippen molar-refractivity contribution in [2.75, 3.05) is 13.1 Å². The van der Waals surface area contributed by atoms with Gasteiger partial charge in [-0.2, -0.15) is 4.31 Å². The van der Waals surface area contributed by atoms with Crippen LogP contribution in [0.15, 0.2) is 59.5 Å². The summed E-state index contributed by atoms with van der Waals surface area (Å²) < 4.78 is 27.2. The second-order valence-electron chi connectivity index (χ2n) is 6.15. The Morgan fingerprint density at radius 3 is 2.39 bits per heavy atom. The molecule has 0 amide bonds. The molecule has 23 heavy (non-hydrogen) atoms. The lowest BCUT2D eigenvalue weighted by molar-refractivity contribution is 0.473. The van der Waals surface area contributed by atoms with Gasteiger partial charge in [0.2, 0.25) is 10.0 Å². The molecule has 0 radical (unpaired) electrons. The molecule has 2 aromatic carbocycles. The molecule has 0 bridgehead atoms. The molecule has 3 rings (SSSR count). The summed E-state index contributed by atoms with van der Waals surface area (Å²) in [5.41, 5.74) is 2.42. The van der Waals surface area contributed by atoms with E-state index in [1.165, 1.54) is 11.1 Å². The van der Waals surface area contributed by atoms with Crippen molar-refractivity contribution in [3.63, 3.8) is 0 Å². The Morgan fingerprint density at radius 2 is 1.74 bits per heavy atom. The van der Waals surface area contributed by atoms with Crippen LogP contribution in [0.5, 0.6) is 0 Å². The van der Waals surface area contributed by atoms with Gasteiger partial charge in [-0.3, -0.25) is 0 Å². The standard InChI is InChI=1S/C19H23NO2S/c1-2-6-16-9-11-19(12-10-16)23(21,22)20-14-13-18(15-20)17-7-4-3-5-8-17/h3-5,7-12,18H,2,6,13-15H2,1H3. The fourth-order valence-corrected chi connectivity index (χ4v) is 4.71. The van der Waals surface area contributed by atoms with Crippen molar-refractivity contribution in [1.29, 1.82) is 0 Å². The number of rotatable bonds is 5. The van der Waals surface area contributed by atoms with E-state index < -0.39 is 10.0 Å². The zero-order chi connectivity index (χ0) is 16.3. The first kappa shape index (κ1) is 16.2. The first-order valence-corrected chi connectivity index (χ1v) is 9.69. The maximum absolute atomic E-state index is 12.8. The molecule has 4 heteroatoms. The van der Waals surface area contributed by atoms with Crippen LogP contribution < -0.4 is 0 Å². The predicted molar refractivity (Wildman–Crippen MR) is 93.0 cm³/mol. The van der Waals surface area contributed by atoms with Crippen LogP contribution in [-0.4, -0.2) is 25.8 Å². The van der Waals surface area contributed by atoms with Gasteiger partial charge in [0, 0.05) is 13.1 Å². The number of benzene rings is 2. The number of aryl methyl sites for hydroxylation is 1. The molecule has 1 saturated heterocycles. The Balaban J connectivity index is 1.76. The molecule has 0 aliphatic carbocycles. The highest BCUT2D eigenvalue weighted by Gasteiger charge is 2.33. The van der Waals surface area contributed by atoms with E-state index in [-0.39, 0.29) is 0 Å². The molecule has 3 nitrogen and oxygen atoms in total. The third-order valence-corrected chi connectivity index (χ3v) is 6.40. The van der Waals surface area contributed by atoms with Gasteiger partial charge < -0.3 is 0 Å². The van der Waals surface area contributed by atoms with Crippen LogP contribution in [0.2, 0.25) is 0 Å². The zero-order valence-electron chi connectivity index (χ0n) is 13.5. The highest BCUT2D eigenvalue weighted by molar-refractivity contribution is 7.89. The topological polar surface area (TPSA) is 37.4 Å². The van der Waals surface area contributed by atoms with Gasteiger partial charge in [0.05, 0.1) is 4.90 Å². The number of sulfonamides is 1. The molecule has 1 aliphatic heterocycles. The second-order valence-corrected chi connectivity index (χ2v) is 8.09. The van der Waals surface area contributed by atoms with Gasteiger partial charge in [-0.05, 0) is 42.0 Å². The van der Waals surface area contributed by atoms with Crippen molar-refractivity contribution in [3.05, 3.63) is 65.7 Å². The van der Waals surface area contributed by atoms with Crippen LogP contribution in [0, 0.1) is 0 Å². The van der Waals surface area contributed by atoms with E-state index in [9.17, 15) is 8.42 Å². The van der Waals surface area contributed by atoms with E-state index in [1.54, 1.807) is 16.4 Å². The third-order valence-electron chi connectivity index (χ3n) is 4.52. The van der Waals surface area contributed by atoms with Crippen LogP contribution in [0.4, 0.5) is 0 Å². The molecule has 1 aliphatic rings. The van der Waals surface area contributed by atoms with E-state index in [0.29, 0.717) is 23.9 Å². The van der Waals surface area contributed by atoms with Gasteiger partial charge in [-0.15, -0.1) is 0 Å². The monoisotopic (exact) mass is 329 g/mol. The number of hydrogen-bond donors (Lipinski definition) is 0. The van der Waals surface area contributed by atoms with Crippen LogP contribution in [0.3, 0.4) is 0 Å². The van der Waals surface area contributed by atoms with Crippen molar-refractivity contribution in [1.82, 2.24) is 4.31 Å². The summed E-state index contributed by atoms with van der Waals surface area (Å²) in [6.07, 6.45) is 2.94. The highest BCUT2D eigenvalue weighted by Crippen LogP contribution is 2.31. The lowest BCUT2D eigenvalue weighted by Crippen LogP contribution is -2.28. The van der Waals surface area contributed by atoms with E-state index in [4.69, 9.17) is 0 Å². The summed E-state index contributed by atoms with van der Waals surface area (Å²) in [6, 6.07) is 17.5. The van der Waals surface area contributed by atoms with Gasteiger partial charge in [0.15, 0.2) is 0 Å². The molecular formula is C19H23NO2S. The van der Waals surface area contributed by atoms with E-state index in [0.717, 1.165) is 19.3 Å². The normalized spacial score (nSPS) is 19.1. The van der Waals surface area contributed by atoms with Gasteiger partial charge in [-0.25, -0.2) is 8.42 Å². The maximum atomic E-state index is 12.8. The molecule has 1 heterocycles. The summed E-state index contributed by atoms with van der Waals surface area (Å²) in [5, 5.41) is 0. The second kappa shape index (κ2) is 6.85. The minimum atomic E-state index is -3.38. The summed E-state index contributed by atoms with van der Waals surface area (Å²) in [6.45, 7) is 3.29. The van der Waals surface area contributed by atoms with Gasteiger partial charge in [0.25, 0.3) is 0 Å². The Hall–Kier alpha value is -1.65. The van der Waals surface area contributed by atoms with Crippen molar-refractivity contribution in [3.8, 4) is 0 Å². The van der Waals surface area contributed by atoms with Crippen molar-refractivity contribution >= 4 is 10.0 Å². The largest absolute Gasteiger partial charge is 0.243 e. The van der Waals surface area contributed by atoms with Crippen LogP contribution in [-0.2, 0) is 16.4 Å². The van der Waals surface area contributed by atoms with E-state index in [1.807, 2.05) is 30.3 Å². The molecule has 0 spiro atoms. The maximum Gasteiger partial charge on any atom is 0.243 e. The summed E-state index contributed by atoms with van der Waals surface area (Å²) in [5.74, 6) is 0.297. The smallest absolute Gasteiger partial charge is 0.207 e. The van der Waals surface area contributed by atoms with Crippen LogP contribution in [0.25, 0.3) is 0 Å². The molecule has 122 valence electrons. The molecule has 0 saturated carbocycles. The van der Waals surface area contributed by atoms with Crippen molar-refractivity contribution < 1.29 is 8.42 Å². The SMILES string of the molecule is CCCc1ccc(S(=O)(=O)N2CCC(c3ccccc3)C2)cc1. The summed E-state index contributed by atoms with van der Waals surface area (Å²) in [4.78, 5) is 0.408. The minimum absolute atomic E-state index is 0.297. The fraction of sp³-hybridized carbons (Fsp3) is 0.368. The Morgan fingerprint density at radius 1 is 1.04 bits per heavy atom. The van der Waals surface area contributed by atoms with E-state index >= 15 is 0 Å². The number of hydrogen-bond acceptors (Lipinski definition) is 2. The number of nitrogens with zero attached hydrogens (tertiary/aromatic N) is 1. The van der Waals surface area contributed by atoms with E-state index in [2.05, 4.69) is 19.1 Å². The predicted octanol–water partition coefficient (Wildman–Crippen LogP) is 3.82. The first-order chi connectivity index (χ1) is 11.1. The Bertz CT molecular complexity index is 739. The lowest BCUT2D eigenvalue weighted by atomic mass is 9.99. The Kier molecular flexibility index (Phi) is 4.83. The van der Waals surface area contributed by atoms with Crippen molar-refractivity contribution in [2.24, 2.45) is 0 Å². The fourth-order valence-electron chi connectivity index (χ4n) is 3.21. The van der Waals surface area contributed by atoms with Crippen LogP contribution in [0.1, 0.15) is 36.8 Å². The van der Waals surface area contributed by atoms with Crippen molar-refractivity contribution in [2.45, 2.75) is 37.0 Å². The first-order valence-electron chi connectivity index (χ1n) is 8.25. The molecule has 2 aromatic rings. The molecule has 1 atom stereocenters.